The van der Waals surface area contributed by atoms with Gasteiger partial charge in [0.1, 0.15) is 11.1 Å². The normalized spacial score (nSPS) is 10.5. The summed E-state index contributed by atoms with van der Waals surface area (Å²) in [7, 11) is 0. The molecule has 4 nitrogen and oxygen atoms in total. The maximum Gasteiger partial charge on any atom is 0.341 e. The Morgan fingerprint density at radius 2 is 2.47 bits per heavy atom. The molecule has 0 aliphatic rings. The molecule has 0 spiro atoms. The molecule has 2 heterocycles. The smallest absolute Gasteiger partial charge is 0.341 e. The van der Waals surface area contributed by atoms with Crippen LogP contribution in [-0.4, -0.2) is 22.5 Å². The number of hydrogen-bond donors (Lipinski definition) is 1. The van der Waals surface area contributed by atoms with Crippen LogP contribution >= 0.6 is 11.6 Å². The molecule has 0 amide bonds. The van der Waals surface area contributed by atoms with E-state index in [1.165, 1.54) is 0 Å². The summed E-state index contributed by atoms with van der Waals surface area (Å²) in [4.78, 5) is 18.5. The maximum atomic E-state index is 11.5. The number of esters is 1. The van der Waals surface area contributed by atoms with Gasteiger partial charge in [-0.15, -0.1) is 0 Å². The topological polar surface area (TPSA) is 55.0 Å². The monoisotopic (exact) mass is 224 g/mol. The Morgan fingerprint density at radius 3 is 3.20 bits per heavy atom. The molecule has 0 saturated heterocycles. The molecule has 0 radical (unpaired) electrons. The van der Waals surface area contributed by atoms with Crippen LogP contribution in [0.1, 0.15) is 17.3 Å². The molecule has 2 rings (SSSR count). The quantitative estimate of drug-likeness (QED) is 0.797. The number of aromatic nitrogens is 2. The SMILES string of the molecule is CCOC(=O)c1c[nH]c2c(Cl)ccnc12. The van der Waals surface area contributed by atoms with E-state index >= 15 is 0 Å². The predicted octanol–water partition coefficient (Wildman–Crippen LogP) is 2.39. The van der Waals surface area contributed by atoms with Crippen molar-refractivity contribution in [2.24, 2.45) is 0 Å². The fourth-order valence-corrected chi connectivity index (χ4v) is 1.56. The highest BCUT2D eigenvalue weighted by Gasteiger charge is 2.15. The second kappa shape index (κ2) is 3.90. The molecule has 0 unspecified atom stereocenters. The van der Waals surface area contributed by atoms with Gasteiger partial charge in [0.2, 0.25) is 0 Å². The number of halogens is 1. The fraction of sp³-hybridized carbons (Fsp3) is 0.200. The van der Waals surface area contributed by atoms with Crippen LogP contribution in [-0.2, 0) is 4.74 Å². The summed E-state index contributed by atoms with van der Waals surface area (Å²) in [6.07, 6.45) is 3.11. The Hall–Kier alpha value is -1.55. The number of aromatic amines is 1. The molecule has 0 bridgehead atoms. The minimum atomic E-state index is -0.390. The first-order chi connectivity index (χ1) is 7.24. The Balaban J connectivity index is 2.54. The highest BCUT2D eigenvalue weighted by atomic mass is 35.5. The number of nitrogens with zero attached hydrogens (tertiary/aromatic N) is 1. The molecule has 0 saturated carbocycles. The second-order valence-electron chi connectivity index (χ2n) is 2.94. The number of hydrogen-bond acceptors (Lipinski definition) is 3. The molecule has 15 heavy (non-hydrogen) atoms. The Bertz CT molecular complexity index is 507. The highest BCUT2D eigenvalue weighted by Crippen LogP contribution is 2.23. The third kappa shape index (κ3) is 1.68. The lowest BCUT2D eigenvalue weighted by atomic mass is 10.3. The number of carbonyl (C=O) groups excluding carboxylic acids is 1. The van der Waals surface area contributed by atoms with E-state index in [1.807, 2.05) is 0 Å². The van der Waals surface area contributed by atoms with Crippen LogP contribution in [0.15, 0.2) is 18.5 Å². The Labute approximate surface area is 91.2 Å². The summed E-state index contributed by atoms with van der Waals surface area (Å²) < 4.78 is 4.89. The number of carbonyl (C=O) groups is 1. The third-order valence-corrected chi connectivity index (χ3v) is 2.33. The minimum Gasteiger partial charge on any atom is -0.462 e. The van der Waals surface area contributed by atoms with Gasteiger partial charge in [-0.2, -0.15) is 0 Å². The standard InChI is InChI=1S/C10H9ClN2O2/c1-2-15-10(14)6-5-13-9-7(11)3-4-12-8(6)9/h3-5,13H,2H2,1H3. The number of rotatable bonds is 2. The van der Waals surface area contributed by atoms with Gasteiger partial charge in [-0.25, -0.2) is 4.79 Å². The van der Waals surface area contributed by atoms with Crippen molar-refractivity contribution in [1.29, 1.82) is 0 Å². The summed E-state index contributed by atoms with van der Waals surface area (Å²) in [5.74, 6) is -0.390. The lowest BCUT2D eigenvalue weighted by Gasteiger charge is -1.98. The van der Waals surface area contributed by atoms with Crippen molar-refractivity contribution in [3.63, 3.8) is 0 Å². The molecule has 5 heteroatoms. The van der Waals surface area contributed by atoms with Gasteiger partial charge < -0.3 is 9.72 Å². The minimum absolute atomic E-state index is 0.339. The third-order valence-electron chi connectivity index (χ3n) is 2.01. The van der Waals surface area contributed by atoms with Crippen LogP contribution in [0.25, 0.3) is 11.0 Å². The average molecular weight is 225 g/mol. The van der Waals surface area contributed by atoms with E-state index in [1.54, 1.807) is 25.4 Å². The molecule has 2 aromatic heterocycles. The summed E-state index contributed by atoms with van der Waals surface area (Å²) in [6.45, 7) is 2.10. The van der Waals surface area contributed by atoms with Crippen LogP contribution in [0, 0.1) is 0 Å². The van der Waals surface area contributed by atoms with Gasteiger partial charge in [0.05, 0.1) is 17.1 Å². The molecule has 0 fully saturated rings. The van der Waals surface area contributed by atoms with E-state index in [9.17, 15) is 4.79 Å². The van der Waals surface area contributed by atoms with E-state index < -0.39 is 5.97 Å². The van der Waals surface area contributed by atoms with Crippen LogP contribution in [0.3, 0.4) is 0 Å². The van der Waals surface area contributed by atoms with Crippen molar-refractivity contribution < 1.29 is 9.53 Å². The summed E-state index contributed by atoms with van der Waals surface area (Å²) in [5.41, 5.74) is 1.61. The van der Waals surface area contributed by atoms with Gasteiger partial charge in [-0.05, 0) is 13.0 Å². The first-order valence-corrected chi connectivity index (χ1v) is 4.90. The average Bonchev–Trinajstić information content (AvgIpc) is 2.63. The van der Waals surface area contributed by atoms with E-state index in [0.717, 1.165) is 0 Å². The first kappa shape index (κ1) is 9.98. The zero-order valence-electron chi connectivity index (χ0n) is 8.08. The lowest BCUT2D eigenvalue weighted by molar-refractivity contribution is 0.0528. The van der Waals surface area contributed by atoms with Crippen molar-refractivity contribution in [3.05, 3.63) is 29.0 Å². The van der Waals surface area contributed by atoms with Crippen LogP contribution in [0.4, 0.5) is 0 Å². The fourth-order valence-electron chi connectivity index (χ4n) is 1.36. The van der Waals surface area contributed by atoms with E-state index in [2.05, 4.69) is 9.97 Å². The number of ether oxygens (including phenoxy) is 1. The number of nitrogens with one attached hydrogen (secondary N) is 1. The Kier molecular flexibility index (Phi) is 2.60. The summed E-state index contributed by atoms with van der Waals surface area (Å²) in [5, 5.41) is 0.538. The zero-order valence-corrected chi connectivity index (χ0v) is 8.84. The maximum absolute atomic E-state index is 11.5. The molecule has 0 aliphatic carbocycles. The van der Waals surface area contributed by atoms with Crippen LogP contribution in [0.5, 0.6) is 0 Å². The first-order valence-electron chi connectivity index (χ1n) is 4.52. The number of H-pyrrole nitrogens is 1. The number of fused-ring (bicyclic) bond motifs is 1. The van der Waals surface area contributed by atoms with Gasteiger partial charge >= 0.3 is 5.97 Å². The van der Waals surface area contributed by atoms with Gasteiger partial charge in [0.25, 0.3) is 0 Å². The van der Waals surface area contributed by atoms with Crippen molar-refractivity contribution >= 4 is 28.6 Å². The molecular weight excluding hydrogens is 216 g/mol. The van der Waals surface area contributed by atoms with Crippen LogP contribution in [0.2, 0.25) is 5.02 Å². The lowest BCUT2D eigenvalue weighted by Crippen LogP contribution is -2.03. The van der Waals surface area contributed by atoms with Crippen molar-refractivity contribution in [2.75, 3.05) is 6.61 Å². The van der Waals surface area contributed by atoms with E-state index in [-0.39, 0.29) is 0 Å². The predicted molar refractivity (Wildman–Crippen MR) is 57.1 cm³/mol. The van der Waals surface area contributed by atoms with Gasteiger partial charge in [-0.1, -0.05) is 11.6 Å². The van der Waals surface area contributed by atoms with Crippen LogP contribution < -0.4 is 0 Å². The summed E-state index contributed by atoms with van der Waals surface area (Å²) in [6, 6.07) is 1.66. The molecule has 0 aromatic carbocycles. The second-order valence-corrected chi connectivity index (χ2v) is 3.35. The van der Waals surface area contributed by atoms with E-state index in [4.69, 9.17) is 16.3 Å². The zero-order chi connectivity index (χ0) is 10.8. The van der Waals surface area contributed by atoms with Crippen molar-refractivity contribution in [1.82, 2.24) is 9.97 Å². The van der Waals surface area contributed by atoms with Crippen molar-refractivity contribution in [3.8, 4) is 0 Å². The molecule has 0 aliphatic heterocycles. The largest absolute Gasteiger partial charge is 0.462 e. The molecule has 2 aromatic rings. The van der Waals surface area contributed by atoms with Gasteiger partial charge in [0.15, 0.2) is 0 Å². The molecule has 0 atom stereocenters. The molecular formula is C10H9ClN2O2. The van der Waals surface area contributed by atoms with Crippen molar-refractivity contribution in [2.45, 2.75) is 6.92 Å². The molecule has 78 valence electrons. The summed E-state index contributed by atoms with van der Waals surface area (Å²) >= 11 is 5.93. The van der Waals surface area contributed by atoms with E-state index in [0.29, 0.717) is 28.2 Å². The Morgan fingerprint density at radius 1 is 1.67 bits per heavy atom. The van der Waals surface area contributed by atoms with Gasteiger partial charge in [0, 0.05) is 12.4 Å². The highest BCUT2D eigenvalue weighted by molar-refractivity contribution is 6.35. The molecule has 1 N–H and O–H groups in total. The van der Waals surface area contributed by atoms with Gasteiger partial charge in [-0.3, -0.25) is 4.98 Å². The number of pyridine rings is 1.